The Morgan fingerprint density at radius 3 is 2.83 bits per heavy atom. The van der Waals surface area contributed by atoms with Crippen LogP contribution in [0.4, 0.5) is 0 Å². The zero-order valence-electron chi connectivity index (χ0n) is 11.9. The number of aromatic amines is 1. The number of ether oxygens (including phenoxy) is 2. The molecule has 0 saturated carbocycles. The molecule has 119 valence electrons. The molecule has 0 spiro atoms. The van der Waals surface area contributed by atoms with Crippen LogP contribution in [0.5, 0.6) is 11.9 Å². The number of halogens is 2. The molecule has 0 aliphatic rings. The number of fused-ring (bicyclic) bond motifs is 1. The highest BCUT2D eigenvalue weighted by atomic mass is 127. The minimum Gasteiger partial charge on any atom is -0.714 e. The normalized spacial score (nSPS) is 10.8. The average molecular weight is 446 g/mol. The monoisotopic (exact) mass is 445 g/mol. The molecule has 1 radical (unpaired) electrons. The number of nitrogens with one attached hydrogen (secondary N) is 1. The topological polar surface area (TPSA) is 103 Å². The molecule has 3 rings (SSSR count). The second-order valence-electron chi connectivity index (χ2n) is 4.39. The zero-order valence-corrected chi connectivity index (χ0v) is 14.8. The highest BCUT2D eigenvalue weighted by molar-refractivity contribution is 6.33. The third-order valence-corrected chi connectivity index (χ3v) is 3.63. The van der Waals surface area contributed by atoms with Gasteiger partial charge in [0, 0.05) is 13.1 Å². The van der Waals surface area contributed by atoms with Crippen molar-refractivity contribution in [2.75, 3.05) is 7.11 Å². The Kier molecular flexibility index (Phi) is 4.31. The van der Waals surface area contributed by atoms with Gasteiger partial charge in [-0.15, -0.1) is 0 Å². The predicted octanol–water partition coefficient (Wildman–Crippen LogP) is -1.27. The number of hydrogen-bond donors (Lipinski definition) is 1. The molecule has 0 amide bonds. The fourth-order valence-electron chi connectivity index (χ4n) is 1.93. The molecule has 8 nitrogen and oxygen atoms in total. The van der Waals surface area contributed by atoms with Gasteiger partial charge in [-0.05, 0) is 9.90 Å². The summed E-state index contributed by atoms with van der Waals surface area (Å²) in [6, 6.07) is 1.69. The SMILES string of the molecule is COc1nc([I-])ncc1-c1nc2nc(OC(C)=O)[nH]c2cc1Cl. The summed E-state index contributed by atoms with van der Waals surface area (Å²) in [4.78, 5) is 30.6. The summed E-state index contributed by atoms with van der Waals surface area (Å²) in [5.41, 5.74) is 1.85. The summed E-state index contributed by atoms with van der Waals surface area (Å²) in [5, 5.41) is 0.360. The van der Waals surface area contributed by atoms with E-state index in [-0.39, 0.29) is 6.01 Å². The lowest BCUT2D eigenvalue weighted by Crippen LogP contribution is -3.34. The first-order chi connectivity index (χ1) is 11.0. The molecular weight excluding hydrogens is 437 g/mol. The first kappa shape index (κ1) is 15.9. The van der Waals surface area contributed by atoms with E-state index in [9.17, 15) is 4.79 Å². The predicted molar refractivity (Wildman–Crippen MR) is 76.5 cm³/mol. The lowest BCUT2D eigenvalue weighted by Gasteiger charge is -2.11. The largest absolute Gasteiger partial charge is 0.714 e. The Hall–Kier alpha value is -2.01. The van der Waals surface area contributed by atoms with Crippen molar-refractivity contribution in [2.45, 2.75) is 6.92 Å². The summed E-state index contributed by atoms with van der Waals surface area (Å²) < 4.78 is 10.7. The van der Waals surface area contributed by atoms with Crippen LogP contribution in [0.15, 0.2) is 12.3 Å². The fourth-order valence-corrected chi connectivity index (χ4v) is 2.54. The van der Waals surface area contributed by atoms with Gasteiger partial charge in [0.25, 0.3) is 0 Å². The van der Waals surface area contributed by atoms with Crippen molar-refractivity contribution in [1.82, 2.24) is 24.9 Å². The number of aromatic nitrogens is 5. The van der Waals surface area contributed by atoms with E-state index in [1.165, 1.54) is 14.0 Å². The van der Waals surface area contributed by atoms with Crippen molar-refractivity contribution in [3.63, 3.8) is 0 Å². The molecule has 1 N–H and O–H groups in total. The second kappa shape index (κ2) is 6.24. The van der Waals surface area contributed by atoms with Gasteiger partial charge in [0.2, 0.25) is 5.88 Å². The molecule has 0 fully saturated rings. The standard InChI is InChI=1S/C13H9ClIN5O3/c1-5(21)23-13-17-8-3-7(14)9(18-10(8)19-13)6-4-16-12(15)20-11(6)22-2/h3-4H,1-2H3,(H,17,18,19)/q-1. The lowest BCUT2D eigenvalue weighted by atomic mass is 10.2. The van der Waals surface area contributed by atoms with Gasteiger partial charge in [0.05, 0.1) is 28.9 Å². The Bertz CT molecular complexity index is 914. The molecule has 0 atom stereocenters. The molecule has 0 saturated heterocycles. The molecule has 3 aromatic rings. The molecule has 0 aromatic carbocycles. The Morgan fingerprint density at radius 2 is 2.13 bits per heavy atom. The number of rotatable bonds is 3. The second-order valence-corrected chi connectivity index (χ2v) is 5.76. The van der Waals surface area contributed by atoms with Crippen LogP contribution >= 0.6 is 11.6 Å². The fraction of sp³-hybridized carbons (Fsp3) is 0.154. The van der Waals surface area contributed by atoms with E-state index in [1.807, 2.05) is 22.6 Å². The number of pyridine rings is 1. The van der Waals surface area contributed by atoms with Gasteiger partial charge in [-0.25, -0.2) is 9.97 Å². The molecule has 0 unspecified atom stereocenters. The van der Waals surface area contributed by atoms with Crippen LogP contribution in [0, 0.1) is 3.83 Å². The number of carbonyl (C=O) groups excluding carboxylic acids is 1. The third kappa shape index (κ3) is 3.20. The Morgan fingerprint density at radius 1 is 1.35 bits per heavy atom. The van der Waals surface area contributed by atoms with Gasteiger partial charge in [0.1, 0.15) is 0 Å². The molecule has 3 aromatic heterocycles. The molecule has 0 aliphatic carbocycles. The molecule has 0 aliphatic heterocycles. The van der Waals surface area contributed by atoms with Gasteiger partial charge in [0.15, 0.2) is 5.65 Å². The average Bonchev–Trinajstić information content (AvgIpc) is 2.86. The summed E-state index contributed by atoms with van der Waals surface area (Å²) in [6.45, 7) is 1.28. The first-order valence-corrected chi connectivity index (χ1v) is 7.75. The van der Waals surface area contributed by atoms with E-state index in [4.69, 9.17) is 21.1 Å². The van der Waals surface area contributed by atoms with Gasteiger partial charge < -0.3 is 37.0 Å². The summed E-state index contributed by atoms with van der Waals surface area (Å²) in [7, 11) is 1.50. The number of H-pyrrole nitrogens is 1. The van der Waals surface area contributed by atoms with E-state index >= 15 is 0 Å². The first-order valence-electron chi connectivity index (χ1n) is 6.29. The minimum atomic E-state index is -0.483. The van der Waals surface area contributed by atoms with Crippen molar-refractivity contribution >= 4 is 28.7 Å². The number of nitrogens with zero attached hydrogens (tertiary/aromatic N) is 4. The van der Waals surface area contributed by atoms with Crippen LogP contribution in [0.2, 0.25) is 5.02 Å². The molecule has 23 heavy (non-hydrogen) atoms. The van der Waals surface area contributed by atoms with Crippen molar-refractivity contribution in [3.05, 3.63) is 21.1 Å². The summed E-state index contributed by atoms with van der Waals surface area (Å²) in [5.74, 6) is -0.128. The maximum atomic E-state index is 11.0. The van der Waals surface area contributed by atoms with Gasteiger partial charge in [-0.3, -0.25) is 9.78 Å². The van der Waals surface area contributed by atoms with E-state index < -0.39 is 5.97 Å². The highest BCUT2D eigenvalue weighted by Crippen LogP contribution is 2.33. The van der Waals surface area contributed by atoms with Crippen LogP contribution in [0.3, 0.4) is 0 Å². The van der Waals surface area contributed by atoms with Gasteiger partial charge in [-0.2, -0.15) is 4.98 Å². The van der Waals surface area contributed by atoms with E-state index in [0.29, 0.717) is 37.2 Å². The molecular formula is C13H9ClIN5O3-. The van der Waals surface area contributed by atoms with Crippen molar-refractivity contribution in [1.29, 1.82) is 0 Å². The third-order valence-electron chi connectivity index (χ3n) is 2.82. The Labute approximate surface area is 148 Å². The van der Waals surface area contributed by atoms with Crippen LogP contribution in [0.1, 0.15) is 6.92 Å². The van der Waals surface area contributed by atoms with Crippen LogP contribution in [0.25, 0.3) is 22.4 Å². The number of carbonyl (C=O) groups is 1. The minimum absolute atomic E-state index is 0.0547. The van der Waals surface area contributed by atoms with E-state index in [2.05, 4.69) is 24.9 Å². The highest BCUT2D eigenvalue weighted by Gasteiger charge is 2.16. The number of esters is 1. The van der Waals surface area contributed by atoms with Crippen molar-refractivity contribution < 1.29 is 36.9 Å². The van der Waals surface area contributed by atoms with Crippen molar-refractivity contribution in [2.24, 2.45) is 0 Å². The smallest absolute Gasteiger partial charge is 0.310 e. The lowest BCUT2D eigenvalue weighted by molar-refractivity contribution is -0.347. The van der Waals surface area contributed by atoms with Crippen LogP contribution in [-0.4, -0.2) is 38.0 Å². The molecule has 0 bridgehead atoms. The van der Waals surface area contributed by atoms with Gasteiger partial charge >= 0.3 is 12.0 Å². The number of hydrogen-bond acceptors (Lipinski definition) is 7. The summed E-state index contributed by atoms with van der Waals surface area (Å²) in [6.07, 6.45) is 1.58. The maximum Gasteiger partial charge on any atom is 0.310 e. The summed E-state index contributed by atoms with van der Waals surface area (Å²) >= 11 is 8.27. The van der Waals surface area contributed by atoms with Crippen LogP contribution in [-0.2, 0) is 4.79 Å². The molecule has 3 heterocycles. The number of methoxy groups -OCH3 is 1. The van der Waals surface area contributed by atoms with E-state index in [1.54, 1.807) is 12.3 Å². The van der Waals surface area contributed by atoms with Gasteiger partial charge in [-0.1, -0.05) is 11.6 Å². The maximum absolute atomic E-state index is 11.0. The Balaban J connectivity index is 2.14. The van der Waals surface area contributed by atoms with E-state index in [0.717, 1.165) is 0 Å². The number of imidazole rings is 1. The zero-order chi connectivity index (χ0) is 16.6. The van der Waals surface area contributed by atoms with Crippen molar-refractivity contribution in [3.8, 4) is 23.1 Å². The van der Waals surface area contributed by atoms with Crippen LogP contribution < -0.4 is 32.1 Å². The molecule has 10 heteroatoms. The quantitative estimate of drug-likeness (QED) is 0.304.